The Morgan fingerprint density at radius 2 is 2.06 bits per heavy atom. The van der Waals surface area contributed by atoms with Crippen molar-refractivity contribution in [1.82, 2.24) is 15.2 Å². The zero-order valence-corrected chi connectivity index (χ0v) is 13.0. The Kier molecular flexibility index (Phi) is 7.47. The molecule has 3 nitrogen and oxygen atoms in total. The zero-order chi connectivity index (χ0) is 13.4. The lowest BCUT2D eigenvalue weighted by atomic mass is 10.1. The summed E-state index contributed by atoms with van der Waals surface area (Å²) in [6.45, 7) is 9.65. The van der Waals surface area contributed by atoms with Gasteiger partial charge in [0.25, 0.3) is 0 Å². The molecule has 0 aliphatic heterocycles. The Morgan fingerprint density at radius 3 is 2.67 bits per heavy atom. The van der Waals surface area contributed by atoms with Crippen LogP contribution in [0, 0.1) is 0 Å². The number of nitrogens with one attached hydrogen (secondary N) is 1. The van der Waals surface area contributed by atoms with Crippen molar-refractivity contribution in [2.45, 2.75) is 59.2 Å². The molecule has 104 valence electrons. The molecule has 0 aliphatic rings. The zero-order valence-electron chi connectivity index (χ0n) is 12.2. The molecule has 0 radical (unpaired) electrons. The number of hydrogen-bond donors (Lipinski definition) is 1. The molecule has 0 bridgehead atoms. The summed E-state index contributed by atoms with van der Waals surface area (Å²) in [5.41, 5.74) is 1.21. The van der Waals surface area contributed by atoms with Gasteiger partial charge in [-0.05, 0) is 32.9 Å². The molecule has 1 heterocycles. The van der Waals surface area contributed by atoms with E-state index >= 15 is 0 Å². The number of thiazole rings is 1. The summed E-state index contributed by atoms with van der Waals surface area (Å²) in [4.78, 5) is 7.10. The molecule has 0 aromatic carbocycles. The van der Waals surface area contributed by atoms with Crippen molar-refractivity contribution in [1.29, 1.82) is 0 Å². The standard InChI is InChI=1S/C14H27N3S/c1-5-8-15-9-14-16-12(11-18-14)10-17(4)13(6-2)7-3/h11,13,15H,5-10H2,1-4H3. The van der Waals surface area contributed by atoms with Crippen molar-refractivity contribution in [2.75, 3.05) is 13.6 Å². The van der Waals surface area contributed by atoms with Crippen LogP contribution in [-0.4, -0.2) is 29.5 Å². The first-order valence-electron chi connectivity index (χ1n) is 7.05. The maximum absolute atomic E-state index is 4.69. The molecule has 1 rings (SSSR count). The number of nitrogens with zero attached hydrogens (tertiary/aromatic N) is 2. The predicted molar refractivity (Wildman–Crippen MR) is 79.9 cm³/mol. The van der Waals surface area contributed by atoms with Crippen LogP contribution in [0.1, 0.15) is 50.7 Å². The molecule has 0 unspecified atom stereocenters. The fourth-order valence-corrected chi connectivity index (χ4v) is 2.93. The molecular formula is C14H27N3S. The summed E-state index contributed by atoms with van der Waals surface area (Å²) < 4.78 is 0. The lowest BCUT2D eigenvalue weighted by Crippen LogP contribution is -2.30. The van der Waals surface area contributed by atoms with Gasteiger partial charge in [0, 0.05) is 24.5 Å². The molecule has 0 aliphatic carbocycles. The molecule has 0 fully saturated rings. The van der Waals surface area contributed by atoms with E-state index in [1.807, 2.05) is 0 Å². The van der Waals surface area contributed by atoms with Gasteiger partial charge < -0.3 is 5.32 Å². The van der Waals surface area contributed by atoms with E-state index in [0.29, 0.717) is 6.04 Å². The largest absolute Gasteiger partial charge is 0.310 e. The van der Waals surface area contributed by atoms with Crippen molar-refractivity contribution < 1.29 is 0 Å². The summed E-state index contributed by atoms with van der Waals surface area (Å²) >= 11 is 1.77. The van der Waals surface area contributed by atoms with E-state index in [0.717, 1.165) is 19.6 Å². The van der Waals surface area contributed by atoms with Crippen LogP contribution in [0.25, 0.3) is 0 Å². The van der Waals surface area contributed by atoms with Gasteiger partial charge in [-0.1, -0.05) is 20.8 Å². The van der Waals surface area contributed by atoms with Gasteiger partial charge in [0.15, 0.2) is 0 Å². The summed E-state index contributed by atoms with van der Waals surface area (Å²) in [6.07, 6.45) is 3.60. The van der Waals surface area contributed by atoms with Crippen molar-refractivity contribution in [3.8, 4) is 0 Å². The van der Waals surface area contributed by atoms with Crippen LogP contribution < -0.4 is 5.32 Å². The number of aromatic nitrogens is 1. The maximum Gasteiger partial charge on any atom is 0.107 e. The van der Waals surface area contributed by atoms with E-state index in [-0.39, 0.29) is 0 Å². The molecule has 0 saturated carbocycles. The Morgan fingerprint density at radius 1 is 1.33 bits per heavy atom. The average molecular weight is 269 g/mol. The van der Waals surface area contributed by atoms with Crippen LogP contribution in [0.3, 0.4) is 0 Å². The third kappa shape index (κ3) is 5.04. The fraction of sp³-hybridized carbons (Fsp3) is 0.786. The Bertz CT molecular complexity index is 321. The van der Waals surface area contributed by atoms with Crippen LogP contribution in [-0.2, 0) is 13.1 Å². The second-order valence-corrected chi connectivity index (χ2v) is 5.74. The molecule has 0 saturated heterocycles. The summed E-state index contributed by atoms with van der Waals surface area (Å²) in [5.74, 6) is 0. The predicted octanol–water partition coefficient (Wildman–Crippen LogP) is 3.26. The maximum atomic E-state index is 4.69. The van der Waals surface area contributed by atoms with Crippen molar-refractivity contribution in [3.05, 3.63) is 16.1 Å². The molecule has 4 heteroatoms. The minimum absolute atomic E-state index is 0.674. The van der Waals surface area contributed by atoms with Gasteiger partial charge in [-0.3, -0.25) is 4.90 Å². The normalized spacial score (nSPS) is 11.7. The second-order valence-electron chi connectivity index (χ2n) is 4.79. The van der Waals surface area contributed by atoms with Gasteiger partial charge in [-0.25, -0.2) is 4.98 Å². The van der Waals surface area contributed by atoms with Crippen LogP contribution in [0.4, 0.5) is 0 Å². The third-order valence-corrected chi connectivity index (χ3v) is 4.18. The summed E-state index contributed by atoms with van der Waals surface area (Å²) in [6, 6.07) is 0.674. The Hall–Kier alpha value is -0.450. The third-order valence-electron chi connectivity index (χ3n) is 3.28. The lowest BCUT2D eigenvalue weighted by Gasteiger charge is -2.25. The van der Waals surface area contributed by atoms with Crippen molar-refractivity contribution in [3.63, 3.8) is 0 Å². The van der Waals surface area contributed by atoms with E-state index in [9.17, 15) is 0 Å². The highest BCUT2D eigenvalue weighted by atomic mass is 32.1. The van der Waals surface area contributed by atoms with Crippen LogP contribution >= 0.6 is 11.3 Å². The van der Waals surface area contributed by atoms with E-state index in [1.165, 1.54) is 30.0 Å². The van der Waals surface area contributed by atoms with Crippen LogP contribution in [0.5, 0.6) is 0 Å². The second kappa shape index (κ2) is 8.62. The lowest BCUT2D eigenvalue weighted by molar-refractivity contribution is 0.219. The smallest absolute Gasteiger partial charge is 0.107 e. The molecule has 18 heavy (non-hydrogen) atoms. The first-order chi connectivity index (χ1) is 8.71. The molecule has 1 N–H and O–H groups in total. The highest BCUT2D eigenvalue weighted by Gasteiger charge is 2.12. The van der Waals surface area contributed by atoms with Gasteiger partial charge in [0.05, 0.1) is 5.69 Å². The Balaban J connectivity index is 2.42. The molecule has 0 atom stereocenters. The van der Waals surface area contributed by atoms with E-state index in [1.54, 1.807) is 11.3 Å². The minimum atomic E-state index is 0.674. The summed E-state index contributed by atoms with van der Waals surface area (Å²) in [7, 11) is 2.20. The molecule has 0 amide bonds. The highest BCUT2D eigenvalue weighted by molar-refractivity contribution is 7.09. The Labute approximate surface area is 116 Å². The number of hydrogen-bond acceptors (Lipinski definition) is 4. The van der Waals surface area contributed by atoms with Crippen LogP contribution in [0.2, 0.25) is 0 Å². The minimum Gasteiger partial charge on any atom is -0.310 e. The van der Waals surface area contributed by atoms with Crippen LogP contribution in [0.15, 0.2) is 5.38 Å². The quantitative estimate of drug-likeness (QED) is 0.697. The fourth-order valence-electron chi connectivity index (χ4n) is 2.17. The first kappa shape index (κ1) is 15.6. The number of rotatable bonds is 9. The van der Waals surface area contributed by atoms with Gasteiger partial charge in [-0.15, -0.1) is 11.3 Å². The molecular weight excluding hydrogens is 242 g/mol. The van der Waals surface area contributed by atoms with Gasteiger partial charge >= 0.3 is 0 Å². The average Bonchev–Trinajstić information content (AvgIpc) is 2.79. The van der Waals surface area contributed by atoms with Crippen molar-refractivity contribution in [2.24, 2.45) is 0 Å². The monoisotopic (exact) mass is 269 g/mol. The first-order valence-corrected chi connectivity index (χ1v) is 7.93. The van der Waals surface area contributed by atoms with Gasteiger partial charge in [0.1, 0.15) is 5.01 Å². The SMILES string of the molecule is CCCNCc1nc(CN(C)C(CC)CC)cs1. The van der Waals surface area contributed by atoms with E-state index < -0.39 is 0 Å². The van der Waals surface area contributed by atoms with Gasteiger partial charge in [0.2, 0.25) is 0 Å². The highest BCUT2D eigenvalue weighted by Crippen LogP contribution is 2.14. The van der Waals surface area contributed by atoms with Crippen molar-refractivity contribution >= 4 is 11.3 Å². The van der Waals surface area contributed by atoms with Gasteiger partial charge in [-0.2, -0.15) is 0 Å². The summed E-state index contributed by atoms with van der Waals surface area (Å²) in [5, 5.41) is 6.80. The van der Waals surface area contributed by atoms with E-state index in [4.69, 9.17) is 0 Å². The molecule has 1 aromatic rings. The topological polar surface area (TPSA) is 28.2 Å². The van der Waals surface area contributed by atoms with E-state index in [2.05, 4.69) is 48.4 Å². The molecule has 0 spiro atoms. The molecule has 1 aromatic heterocycles.